The lowest BCUT2D eigenvalue weighted by Gasteiger charge is -2.32. The third kappa shape index (κ3) is 5.11. The van der Waals surface area contributed by atoms with Gasteiger partial charge in [-0.1, -0.05) is 29.8 Å². The second-order valence-electron chi connectivity index (χ2n) is 7.96. The summed E-state index contributed by atoms with van der Waals surface area (Å²) >= 11 is 0. The molecule has 0 aliphatic carbocycles. The molecule has 7 heteroatoms. The number of nitrogens with zero attached hydrogens (tertiary/aromatic N) is 1. The number of rotatable bonds is 10. The van der Waals surface area contributed by atoms with Crippen LogP contribution in [0.4, 0.5) is 5.69 Å². The molecule has 0 aromatic heterocycles. The third-order valence-electron chi connectivity index (χ3n) is 5.65. The summed E-state index contributed by atoms with van der Waals surface area (Å²) in [6.45, 7) is 10.0. The van der Waals surface area contributed by atoms with Gasteiger partial charge in [-0.3, -0.25) is 4.79 Å². The van der Waals surface area contributed by atoms with Gasteiger partial charge in [-0.2, -0.15) is 0 Å². The Hall–Kier alpha value is -2.90. The van der Waals surface area contributed by atoms with E-state index in [1.165, 1.54) is 0 Å². The predicted molar refractivity (Wildman–Crippen MR) is 128 cm³/mol. The third-order valence-corrected chi connectivity index (χ3v) is 7.13. The van der Waals surface area contributed by atoms with E-state index in [-0.39, 0.29) is 23.1 Å². The highest BCUT2D eigenvalue weighted by atomic mass is 32.2. The highest BCUT2D eigenvalue weighted by molar-refractivity contribution is 7.89. The van der Waals surface area contributed by atoms with Crippen molar-refractivity contribution in [2.45, 2.75) is 43.9 Å². The van der Waals surface area contributed by atoms with E-state index in [4.69, 9.17) is 0 Å². The summed E-state index contributed by atoms with van der Waals surface area (Å²) in [7, 11) is -3.60. The van der Waals surface area contributed by atoms with Crippen LogP contribution in [0.2, 0.25) is 0 Å². The van der Waals surface area contributed by atoms with Gasteiger partial charge in [0, 0.05) is 30.8 Å². The first-order chi connectivity index (χ1) is 15.3. The average Bonchev–Trinajstić information content (AvgIpc) is 2.76. The molecule has 170 valence electrons. The Balaban J connectivity index is 1.76. The first kappa shape index (κ1) is 23.8. The number of amides is 1. The molecule has 0 fully saturated rings. The van der Waals surface area contributed by atoms with Crippen LogP contribution in [-0.4, -0.2) is 32.5 Å². The number of hydrogen-bond donors (Lipinski definition) is 2. The van der Waals surface area contributed by atoms with Crippen molar-refractivity contribution >= 4 is 21.6 Å². The summed E-state index contributed by atoms with van der Waals surface area (Å²) < 4.78 is 27.6. The van der Waals surface area contributed by atoms with Crippen LogP contribution in [0.5, 0.6) is 5.75 Å². The minimum absolute atomic E-state index is 0.00122. The number of allylic oxidation sites excluding steroid dienone is 2. The number of hydrogen-bond acceptors (Lipinski definition) is 4. The minimum atomic E-state index is -3.60. The summed E-state index contributed by atoms with van der Waals surface area (Å²) in [5.41, 5.74) is 4.25. The Kier molecular flexibility index (Phi) is 7.53. The number of benzene rings is 2. The maximum absolute atomic E-state index is 12.7. The number of aromatic hydroxyl groups is 1. The maximum Gasteiger partial charge on any atom is 0.240 e. The van der Waals surface area contributed by atoms with Crippen molar-refractivity contribution in [3.05, 3.63) is 77.9 Å². The number of sulfonamides is 1. The number of aryl methyl sites for hydroxylation is 1. The normalized spacial score (nSPS) is 13.7. The van der Waals surface area contributed by atoms with Gasteiger partial charge in [0.1, 0.15) is 5.75 Å². The summed E-state index contributed by atoms with van der Waals surface area (Å²) in [6.07, 6.45) is 5.84. The molecule has 0 unspecified atom stereocenters. The van der Waals surface area contributed by atoms with Crippen molar-refractivity contribution in [2.24, 2.45) is 0 Å². The van der Waals surface area contributed by atoms with E-state index in [1.54, 1.807) is 41.3 Å². The van der Waals surface area contributed by atoms with Crippen LogP contribution in [0.1, 0.15) is 35.1 Å². The fourth-order valence-electron chi connectivity index (χ4n) is 4.00. The molecule has 1 aliphatic rings. The standard InChI is InChI=1S/C25H30N2O4S/c1-4-7-19-17-23-21(22(8-5-2)25(19)29)13-14-24(28)27(23)16-6-15-26-32(30,31)20-11-9-18(3)10-12-20/h4-5,9-12,17,26,29H,1-2,6-8,13-16H2,3H3. The van der Waals surface area contributed by atoms with Crippen molar-refractivity contribution < 1.29 is 18.3 Å². The van der Waals surface area contributed by atoms with Crippen LogP contribution in [0.25, 0.3) is 0 Å². The van der Waals surface area contributed by atoms with Gasteiger partial charge in [0.15, 0.2) is 0 Å². The second kappa shape index (κ2) is 10.1. The fraction of sp³-hybridized carbons (Fsp3) is 0.320. The van der Waals surface area contributed by atoms with Crippen molar-refractivity contribution in [2.75, 3.05) is 18.0 Å². The molecule has 3 rings (SSSR count). The molecule has 0 bridgehead atoms. The molecule has 2 N–H and O–H groups in total. The van der Waals surface area contributed by atoms with E-state index in [0.29, 0.717) is 38.6 Å². The van der Waals surface area contributed by atoms with E-state index in [1.807, 2.05) is 13.0 Å². The molecule has 0 spiro atoms. The van der Waals surface area contributed by atoms with E-state index in [9.17, 15) is 18.3 Å². The SMILES string of the molecule is C=CCc1cc2c(c(CC=C)c1O)CCC(=O)N2CCCNS(=O)(=O)c1ccc(C)cc1. The molecule has 1 heterocycles. The van der Waals surface area contributed by atoms with E-state index in [0.717, 1.165) is 27.9 Å². The predicted octanol–water partition coefficient (Wildman–Crippen LogP) is 3.81. The lowest BCUT2D eigenvalue weighted by molar-refractivity contribution is -0.118. The fourth-order valence-corrected chi connectivity index (χ4v) is 5.07. The lowest BCUT2D eigenvalue weighted by atomic mass is 9.90. The highest BCUT2D eigenvalue weighted by Gasteiger charge is 2.28. The Bertz CT molecular complexity index is 1120. The largest absolute Gasteiger partial charge is 0.507 e. The zero-order chi connectivity index (χ0) is 23.3. The Morgan fingerprint density at radius 1 is 1.12 bits per heavy atom. The highest BCUT2D eigenvalue weighted by Crippen LogP contribution is 2.39. The van der Waals surface area contributed by atoms with Gasteiger partial charge in [-0.15, -0.1) is 13.2 Å². The molecule has 6 nitrogen and oxygen atoms in total. The number of carbonyl (C=O) groups is 1. The van der Waals surface area contributed by atoms with E-state index in [2.05, 4.69) is 17.9 Å². The number of nitrogens with one attached hydrogen (secondary N) is 1. The first-order valence-electron chi connectivity index (χ1n) is 10.7. The average molecular weight is 455 g/mol. The number of phenols is 1. The number of fused-ring (bicyclic) bond motifs is 1. The summed E-state index contributed by atoms with van der Waals surface area (Å²) in [5.74, 6) is 0.238. The minimum Gasteiger partial charge on any atom is -0.507 e. The van der Waals surface area contributed by atoms with Crippen LogP contribution < -0.4 is 9.62 Å². The van der Waals surface area contributed by atoms with Crippen molar-refractivity contribution in [3.63, 3.8) is 0 Å². The molecule has 1 amide bonds. The molecule has 2 aromatic carbocycles. The number of phenolic OH excluding ortho intramolecular Hbond substituents is 1. The molecule has 32 heavy (non-hydrogen) atoms. The van der Waals surface area contributed by atoms with Crippen molar-refractivity contribution in [3.8, 4) is 5.75 Å². The molecule has 0 radical (unpaired) electrons. The summed E-state index contributed by atoms with van der Waals surface area (Å²) in [4.78, 5) is 14.6. The van der Waals surface area contributed by atoms with Gasteiger partial charge in [0.25, 0.3) is 0 Å². The molecule has 0 saturated carbocycles. The van der Waals surface area contributed by atoms with Gasteiger partial charge in [-0.05, 0) is 61.9 Å². The van der Waals surface area contributed by atoms with Gasteiger partial charge in [-0.25, -0.2) is 13.1 Å². The maximum atomic E-state index is 12.7. The van der Waals surface area contributed by atoms with Crippen LogP contribution >= 0.6 is 0 Å². The Morgan fingerprint density at radius 3 is 2.47 bits per heavy atom. The zero-order valence-corrected chi connectivity index (χ0v) is 19.2. The van der Waals surface area contributed by atoms with E-state index >= 15 is 0 Å². The molecular weight excluding hydrogens is 424 g/mol. The Labute approximate surface area is 190 Å². The molecule has 0 atom stereocenters. The van der Waals surface area contributed by atoms with E-state index < -0.39 is 10.0 Å². The van der Waals surface area contributed by atoms with Crippen molar-refractivity contribution in [1.82, 2.24) is 4.72 Å². The smallest absolute Gasteiger partial charge is 0.240 e. The van der Waals surface area contributed by atoms with Gasteiger partial charge < -0.3 is 10.0 Å². The van der Waals surface area contributed by atoms with Crippen molar-refractivity contribution in [1.29, 1.82) is 0 Å². The zero-order valence-electron chi connectivity index (χ0n) is 18.4. The summed E-state index contributed by atoms with van der Waals surface area (Å²) in [5, 5.41) is 10.7. The number of carbonyl (C=O) groups excluding carboxylic acids is 1. The molecule has 1 aliphatic heterocycles. The topological polar surface area (TPSA) is 86.7 Å². The first-order valence-corrected chi connectivity index (χ1v) is 12.2. The van der Waals surface area contributed by atoms with Crippen LogP contribution in [0.3, 0.4) is 0 Å². The number of anilines is 1. The molecular formula is C25H30N2O4S. The van der Waals surface area contributed by atoms with Gasteiger partial charge >= 0.3 is 0 Å². The molecule has 0 saturated heterocycles. The van der Waals surface area contributed by atoms with Gasteiger partial charge in [0.05, 0.1) is 4.90 Å². The monoisotopic (exact) mass is 454 g/mol. The quantitative estimate of drug-likeness (QED) is 0.422. The van der Waals surface area contributed by atoms with Crippen LogP contribution in [0.15, 0.2) is 60.5 Å². The second-order valence-corrected chi connectivity index (χ2v) is 9.72. The summed E-state index contributed by atoms with van der Waals surface area (Å²) in [6, 6.07) is 8.53. The van der Waals surface area contributed by atoms with Crippen LogP contribution in [0, 0.1) is 6.92 Å². The lowest BCUT2D eigenvalue weighted by Crippen LogP contribution is -2.38. The molecule has 2 aromatic rings. The Morgan fingerprint density at radius 2 is 1.81 bits per heavy atom. The van der Waals surface area contributed by atoms with Crippen LogP contribution in [-0.2, 0) is 34.1 Å². The van der Waals surface area contributed by atoms with Gasteiger partial charge in [0.2, 0.25) is 15.9 Å².